The van der Waals surface area contributed by atoms with E-state index < -0.39 is 0 Å². The highest BCUT2D eigenvalue weighted by Gasteiger charge is 2.00. The Morgan fingerprint density at radius 3 is 2.75 bits per heavy atom. The molecule has 0 radical (unpaired) electrons. The lowest BCUT2D eigenvalue weighted by Gasteiger charge is -2.01. The molecule has 0 aromatic rings. The van der Waals surface area contributed by atoms with Gasteiger partial charge in [-0.05, 0) is 26.7 Å². The summed E-state index contributed by atoms with van der Waals surface area (Å²) in [5.41, 5.74) is 0.459. The second-order valence-corrected chi connectivity index (χ2v) is 2.63. The molecule has 0 aromatic heterocycles. The predicted molar refractivity (Wildman–Crippen MR) is 49.8 cm³/mol. The molecule has 12 heavy (non-hydrogen) atoms. The van der Waals surface area contributed by atoms with Crippen LogP contribution in [0.15, 0.2) is 24.3 Å². The Morgan fingerprint density at radius 1 is 1.58 bits per heavy atom. The highest BCUT2D eigenvalue weighted by Crippen LogP contribution is 1.96. The molecule has 0 saturated heterocycles. The van der Waals surface area contributed by atoms with Crippen LogP contribution in [0.5, 0.6) is 0 Å². The van der Waals surface area contributed by atoms with Gasteiger partial charge >= 0.3 is 5.97 Å². The van der Waals surface area contributed by atoms with Gasteiger partial charge in [0.1, 0.15) is 0 Å². The zero-order valence-electron chi connectivity index (χ0n) is 7.80. The van der Waals surface area contributed by atoms with E-state index in [9.17, 15) is 4.79 Å². The van der Waals surface area contributed by atoms with Crippen LogP contribution in [0.4, 0.5) is 0 Å². The third-order valence-corrected chi connectivity index (χ3v) is 1.33. The number of esters is 1. The second kappa shape index (κ2) is 6.65. The van der Waals surface area contributed by atoms with E-state index in [1.54, 1.807) is 6.92 Å². The third-order valence-electron chi connectivity index (χ3n) is 1.33. The number of rotatable bonds is 5. The van der Waals surface area contributed by atoms with E-state index in [1.807, 2.05) is 13.0 Å². The molecule has 0 rings (SSSR count). The molecule has 0 saturated carbocycles. The lowest BCUT2D eigenvalue weighted by atomic mass is 10.3. The molecule has 0 aliphatic rings. The highest BCUT2D eigenvalue weighted by atomic mass is 16.5. The van der Waals surface area contributed by atoms with Gasteiger partial charge in [0.25, 0.3) is 0 Å². The lowest BCUT2D eigenvalue weighted by molar-refractivity contribution is -0.139. The topological polar surface area (TPSA) is 26.3 Å². The molecule has 0 spiro atoms. The highest BCUT2D eigenvalue weighted by molar-refractivity contribution is 5.86. The largest absolute Gasteiger partial charge is 0.462 e. The van der Waals surface area contributed by atoms with Crippen molar-refractivity contribution in [1.29, 1.82) is 0 Å². The second-order valence-electron chi connectivity index (χ2n) is 2.63. The van der Waals surface area contributed by atoms with Crippen molar-refractivity contribution in [2.24, 2.45) is 0 Å². The van der Waals surface area contributed by atoms with E-state index in [4.69, 9.17) is 4.74 Å². The first-order valence-electron chi connectivity index (χ1n) is 4.12. The van der Waals surface area contributed by atoms with Crippen LogP contribution in [0.1, 0.15) is 26.7 Å². The monoisotopic (exact) mass is 168 g/mol. The minimum absolute atomic E-state index is 0.296. The van der Waals surface area contributed by atoms with Gasteiger partial charge in [0, 0.05) is 5.57 Å². The fourth-order valence-corrected chi connectivity index (χ4v) is 0.656. The number of hydrogen-bond acceptors (Lipinski definition) is 2. The van der Waals surface area contributed by atoms with Crippen molar-refractivity contribution in [3.8, 4) is 0 Å². The molecule has 0 unspecified atom stereocenters. The quantitative estimate of drug-likeness (QED) is 0.273. The smallest absolute Gasteiger partial charge is 0.333 e. The number of hydrogen-bond donors (Lipinski definition) is 0. The van der Waals surface area contributed by atoms with Crippen molar-refractivity contribution in [3.63, 3.8) is 0 Å². The summed E-state index contributed by atoms with van der Waals surface area (Å²) in [5.74, 6) is -0.296. The van der Waals surface area contributed by atoms with Gasteiger partial charge in [-0.1, -0.05) is 18.7 Å². The molecule has 0 aliphatic carbocycles. The zero-order valence-corrected chi connectivity index (χ0v) is 7.80. The minimum atomic E-state index is -0.296. The minimum Gasteiger partial charge on any atom is -0.462 e. The first-order chi connectivity index (χ1) is 5.68. The molecule has 68 valence electrons. The fraction of sp³-hybridized carbons (Fsp3) is 0.500. The number of unbranched alkanes of at least 4 members (excludes halogenated alkanes) is 1. The zero-order chi connectivity index (χ0) is 9.40. The first kappa shape index (κ1) is 11.0. The van der Waals surface area contributed by atoms with Gasteiger partial charge in [0.2, 0.25) is 0 Å². The fourth-order valence-electron chi connectivity index (χ4n) is 0.656. The van der Waals surface area contributed by atoms with E-state index in [1.165, 1.54) is 0 Å². The van der Waals surface area contributed by atoms with Gasteiger partial charge in [0.15, 0.2) is 0 Å². The molecule has 0 fully saturated rings. The summed E-state index contributed by atoms with van der Waals surface area (Å²) in [5, 5.41) is 0. The first-order valence-corrected chi connectivity index (χ1v) is 4.12. The maximum Gasteiger partial charge on any atom is 0.333 e. The van der Waals surface area contributed by atoms with Crippen LogP contribution in [-0.2, 0) is 9.53 Å². The van der Waals surface area contributed by atoms with E-state index in [0.29, 0.717) is 12.2 Å². The summed E-state index contributed by atoms with van der Waals surface area (Å²) < 4.78 is 4.88. The maximum absolute atomic E-state index is 10.8. The summed E-state index contributed by atoms with van der Waals surface area (Å²) in [6, 6.07) is 0. The average Bonchev–Trinajstić information content (AvgIpc) is 2.03. The van der Waals surface area contributed by atoms with E-state index in [0.717, 1.165) is 12.8 Å². The Kier molecular flexibility index (Phi) is 6.07. The van der Waals surface area contributed by atoms with Crippen LogP contribution < -0.4 is 0 Å². The normalized spacial score (nSPS) is 10.2. The Bertz CT molecular complexity index is 180. The van der Waals surface area contributed by atoms with E-state index in [2.05, 4.69) is 12.7 Å². The molecule has 0 amide bonds. The summed E-state index contributed by atoms with van der Waals surface area (Å²) >= 11 is 0. The number of carbonyl (C=O) groups excluding carboxylic acids is 1. The standard InChI is InChI=1S/C10H16O2/c1-4-5-6-7-8-12-10(11)9(2)3/h4-5H,2,6-8H2,1,3H3. The number of ether oxygens (including phenoxy) is 1. The van der Waals surface area contributed by atoms with Crippen molar-refractivity contribution >= 4 is 5.97 Å². The van der Waals surface area contributed by atoms with E-state index in [-0.39, 0.29) is 5.97 Å². The van der Waals surface area contributed by atoms with Crippen LogP contribution in [0.25, 0.3) is 0 Å². The van der Waals surface area contributed by atoms with Crippen LogP contribution in [-0.4, -0.2) is 12.6 Å². The molecular weight excluding hydrogens is 152 g/mol. The number of allylic oxidation sites excluding steroid dienone is 2. The Balaban J connectivity index is 3.32. The van der Waals surface area contributed by atoms with Gasteiger partial charge < -0.3 is 4.74 Å². The van der Waals surface area contributed by atoms with Gasteiger partial charge in [-0.3, -0.25) is 0 Å². The van der Waals surface area contributed by atoms with Gasteiger partial charge in [0.05, 0.1) is 6.61 Å². The molecular formula is C10H16O2. The van der Waals surface area contributed by atoms with Crippen molar-refractivity contribution in [3.05, 3.63) is 24.3 Å². The Labute approximate surface area is 73.9 Å². The third kappa shape index (κ3) is 5.71. The summed E-state index contributed by atoms with van der Waals surface area (Å²) in [6.07, 6.45) is 5.87. The summed E-state index contributed by atoms with van der Waals surface area (Å²) in [7, 11) is 0. The summed E-state index contributed by atoms with van der Waals surface area (Å²) in [6.45, 7) is 7.58. The SMILES string of the molecule is C=C(C)C(=O)OCCCC=CC. The van der Waals surface area contributed by atoms with Gasteiger partial charge in [-0.2, -0.15) is 0 Å². The van der Waals surface area contributed by atoms with Crippen molar-refractivity contribution < 1.29 is 9.53 Å². The molecule has 0 heterocycles. The van der Waals surface area contributed by atoms with E-state index >= 15 is 0 Å². The van der Waals surface area contributed by atoms with Crippen LogP contribution in [0.3, 0.4) is 0 Å². The Hall–Kier alpha value is -1.05. The molecule has 0 aromatic carbocycles. The van der Waals surface area contributed by atoms with Gasteiger partial charge in [-0.25, -0.2) is 4.79 Å². The van der Waals surface area contributed by atoms with Crippen molar-refractivity contribution in [1.82, 2.24) is 0 Å². The van der Waals surface area contributed by atoms with Crippen molar-refractivity contribution in [2.75, 3.05) is 6.61 Å². The maximum atomic E-state index is 10.8. The van der Waals surface area contributed by atoms with Gasteiger partial charge in [-0.15, -0.1) is 0 Å². The average molecular weight is 168 g/mol. The number of carbonyl (C=O) groups is 1. The summed E-state index contributed by atoms with van der Waals surface area (Å²) in [4.78, 5) is 10.8. The predicted octanol–water partition coefficient (Wildman–Crippen LogP) is 2.46. The lowest BCUT2D eigenvalue weighted by Crippen LogP contribution is -2.05. The van der Waals surface area contributed by atoms with Crippen LogP contribution in [0, 0.1) is 0 Å². The molecule has 0 N–H and O–H groups in total. The van der Waals surface area contributed by atoms with Crippen LogP contribution in [0.2, 0.25) is 0 Å². The van der Waals surface area contributed by atoms with Crippen molar-refractivity contribution in [2.45, 2.75) is 26.7 Å². The molecule has 0 atom stereocenters. The Morgan fingerprint density at radius 2 is 2.25 bits per heavy atom. The molecule has 2 heteroatoms. The van der Waals surface area contributed by atoms with Crippen LogP contribution >= 0.6 is 0 Å². The molecule has 2 nitrogen and oxygen atoms in total. The molecule has 0 bridgehead atoms. The molecule has 0 aliphatic heterocycles.